The molecular weight excluding hydrogens is 288 g/mol. The van der Waals surface area contributed by atoms with Gasteiger partial charge in [-0.1, -0.05) is 23.7 Å². The van der Waals surface area contributed by atoms with Crippen molar-refractivity contribution in [3.05, 3.63) is 34.9 Å². The molecule has 1 aliphatic heterocycles. The molecule has 1 aromatic carbocycles. The van der Waals surface area contributed by atoms with Gasteiger partial charge < -0.3 is 10.5 Å². The number of hydrogen-bond donors (Lipinski definition) is 1. The van der Waals surface area contributed by atoms with Crippen LogP contribution in [0.1, 0.15) is 39.2 Å². The molecule has 2 rings (SSSR count). The molecule has 1 atom stereocenters. The van der Waals surface area contributed by atoms with Gasteiger partial charge in [-0.2, -0.15) is 0 Å². The minimum atomic E-state index is -0.499. The predicted octanol–water partition coefficient (Wildman–Crippen LogP) is 3.52. The van der Waals surface area contributed by atoms with E-state index in [4.69, 9.17) is 22.1 Å². The molecule has 21 heavy (non-hydrogen) atoms. The lowest BCUT2D eigenvalue weighted by atomic mass is 9.76. The average molecular weight is 311 g/mol. The Morgan fingerprint density at radius 2 is 2.00 bits per heavy atom. The Hall–Kier alpha value is -1.26. The minimum Gasteiger partial charge on any atom is -0.444 e. The monoisotopic (exact) mass is 310 g/mol. The van der Waals surface area contributed by atoms with E-state index in [1.807, 2.05) is 45.0 Å². The second-order valence-electron chi connectivity index (χ2n) is 6.46. The van der Waals surface area contributed by atoms with E-state index in [1.54, 1.807) is 4.90 Å². The van der Waals surface area contributed by atoms with Gasteiger partial charge in [0.15, 0.2) is 0 Å². The van der Waals surface area contributed by atoms with Crippen molar-refractivity contribution in [3.8, 4) is 0 Å². The summed E-state index contributed by atoms with van der Waals surface area (Å²) in [7, 11) is 0. The lowest BCUT2D eigenvalue weighted by Crippen LogP contribution is -2.61. The second kappa shape index (κ2) is 5.85. The van der Waals surface area contributed by atoms with Crippen LogP contribution in [0.5, 0.6) is 0 Å². The molecule has 1 aliphatic rings. The molecule has 0 saturated carbocycles. The van der Waals surface area contributed by atoms with Gasteiger partial charge in [-0.05, 0) is 57.9 Å². The number of carbonyl (C=O) groups excluding carboxylic acids is 1. The Balaban J connectivity index is 2.26. The topological polar surface area (TPSA) is 55.6 Å². The number of halogens is 1. The van der Waals surface area contributed by atoms with Gasteiger partial charge in [0.1, 0.15) is 5.60 Å². The molecule has 0 bridgehead atoms. The van der Waals surface area contributed by atoms with Crippen LogP contribution < -0.4 is 5.73 Å². The zero-order chi connectivity index (χ0) is 15.7. The number of rotatable bonds is 3. The maximum Gasteiger partial charge on any atom is 0.411 e. The molecule has 0 aliphatic carbocycles. The Labute approximate surface area is 131 Å². The van der Waals surface area contributed by atoms with Crippen LogP contribution >= 0.6 is 11.6 Å². The number of benzene rings is 1. The average Bonchev–Trinajstić information content (AvgIpc) is 2.33. The maximum absolute atomic E-state index is 12.4. The number of carbonyl (C=O) groups is 1. The summed E-state index contributed by atoms with van der Waals surface area (Å²) in [6, 6.07) is 7.63. The summed E-state index contributed by atoms with van der Waals surface area (Å²) in [4.78, 5) is 14.2. The van der Waals surface area contributed by atoms with Crippen LogP contribution in [-0.2, 0) is 10.3 Å². The number of amides is 1. The van der Waals surface area contributed by atoms with Crippen molar-refractivity contribution in [1.82, 2.24) is 4.90 Å². The van der Waals surface area contributed by atoms with Gasteiger partial charge in [0.2, 0.25) is 0 Å². The van der Waals surface area contributed by atoms with Crippen molar-refractivity contribution in [2.75, 3.05) is 13.1 Å². The second-order valence-corrected chi connectivity index (χ2v) is 6.90. The first-order valence-electron chi connectivity index (χ1n) is 7.25. The standard InChI is InChI=1S/C16H23ClN2O2/c1-15(2,3)21-14(20)19-11-9-16(19,8-10-18)12-4-6-13(17)7-5-12/h4-7H,8-11,18H2,1-3H3. The first-order chi connectivity index (χ1) is 9.78. The molecule has 0 radical (unpaired) electrons. The van der Waals surface area contributed by atoms with E-state index in [0.717, 1.165) is 12.0 Å². The summed E-state index contributed by atoms with van der Waals surface area (Å²) in [6.07, 6.45) is 1.33. The van der Waals surface area contributed by atoms with E-state index < -0.39 is 5.60 Å². The zero-order valence-electron chi connectivity index (χ0n) is 12.9. The quantitative estimate of drug-likeness (QED) is 0.929. The van der Waals surface area contributed by atoms with Crippen molar-refractivity contribution in [2.45, 2.75) is 44.8 Å². The molecule has 1 amide bonds. The van der Waals surface area contributed by atoms with Crippen LogP contribution in [0.4, 0.5) is 4.79 Å². The normalized spacial score (nSPS) is 21.9. The molecule has 1 aromatic rings. The van der Waals surface area contributed by atoms with Gasteiger partial charge >= 0.3 is 6.09 Å². The van der Waals surface area contributed by atoms with Crippen molar-refractivity contribution in [2.24, 2.45) is 5.73 Å². The lowest BCUT2D eigenvalue weighted by Gasteiger charge is -2.53. The Morgan fingerprint density at radius 3 is 2.43 bits per heavy atom. The fourth-order valence-corrected chi connectivity index (χ4v) is 2.91. The fraction of sp³-hybridized carbons (Fsp3) is 0.562. The highest BCUT2D eigenvalue weighted by atomic mass is 35.5. The van der Waals surface area contributed by atoms with Crippen LogP contribution in [0.2, 0.25) is 5.02 Å². The van der Waals surface area contributed by atoms with E-state index in [2.05, 4.69) is 0 Å². The zero-order valence-corrected chi connectivity index (χ0v) is 13.6. The third kappa shape index (κ3) is 3.33. The molecular formula is C16H23ClN2O2. The van der Waals surface area contributed by atoms with Gasteiger partial charge in [0.25, 0.3) is 0 Å². The molecule has 0 spiro atoms. The first-order valence-corrected chi connectivity index (χ1v) is 7.63. The SMILES string of the molecule is CC(C)(C)OC(=O)N1CCC1(CCN)c1ccc(Cl)cc1. The minimum absolute atomic E-state index is 0.280. The molecule has 4 nitrogen and oxygen atoms in total. The highest BCUT2D eigenvalue weighted by Crippen LogP contribution is 2.44. The molecule has 1 unspecified atom stereocenters. The van der Waals surface area contributed by atoms with E-state index in [0.29, 0.717) is 24.5 Å². The Morgan fingerprint density at radius 1 is 1.38 bits per heavy atom. The third-order valence-electron chi connectivity index (χ3n) is 3.82. The number of likely N-dealkylation sites (tertiary alicyclic amines) is 1. The van der Waals surface area contributed by atoms with E-state index >= 15 is 0 Å². The van der Waals surface area contributed by atoms with Crippen LogP contribution in [0.25, 0.3) is 0 Å². The van der Waals surface area contributed by atoms with Crippen molar-refractivity contribution < 1.29 is 9.53 Å². The van der Waals surface area contributed by atoms with Crippen LogP contribution in [0.3, 0.4) is 0 Å². The molecule has 116 valence electrons. The number of nitrogens with zero attached hydrogens (tertiary/aromatic N) is 1. The van der Waals surface area contributed by atoms with Gasteiger partial charge in [0, 0.05) is 11.6 Å². The van der Waals surface area contributed by atoms with Gasteiger partial charge in [0.05, 0.1) is 5.54 Å². The molecule has 5 heteroatoms. The largest absolute Gasteiger partial charge is 0.444 e. The Bertz CT molecular complexity index is 510. The predicted molar refractivity (Wildman–Crippen MR) is 84.4 cm³/mol. The summed E-state index contributed by atoms with van der Waals surface area (Å²) < 4.78 is 5.51. The van der Waals surface area contributed by atoms with Crippen molar-refractivity contribution in [3.63, 3.8) is 0 Å². The molecule has 1 saturated heterocycles. The first kappa shape index (κ1) is 16.1. The Kier molecular flexibility index (Phi) is 4.49. The molecule has 2 N–H and O–H groups in total. The lowest BCUT2D eigenvalue weighted by molar-refractivity contribution is -0.0504. The summed E-state index contributed by atoms with van der Waals surface area (Å²) in [6.45, 7) is 6.83. The molecule has 1 heterocycles. The number of nitrogens with two attached hydrogens (primary N) is 1. The number of ether oxygens (including phenoxy) is 1. The van der Waals surface area contributed by atoms with E-state index in [-0.39, 0.29) is 11.6 Å². The maximum atomic E-state index is 12.4. The summed E-state index contributed by atoms with van der Waals surface area (Å²) in [5.41, 5.74) is 5.98. The fourth-order valence-electron chi connectivity index (χ4n) is 2.78. The molecule has 0 aromatic heterocycles. The van der Waals surface area contributed by atoms with Crippen molar-refractivity contribution in [1.29, 1.82) is 0 Å². The van der Waals surface area contributed by atoms with Gasteiger partial charge in [-0.3, -0.25) is 4.90 Å². The highest BCUT2D eigenvalue weighted by Gasteiger charge is 2.49. The van der Waals surface area contributed by atoms with Gasteiger partial charge in [-0.25, -0.2) is 4.79 Å². The summed E-state index contributed by atoms with van der Waals surface area (Å²) in [5.74, 6) is 0. The summed E-state index contributed by atoms with van der Waals surface area (Å²) in [5, 5.41) is 0.685. The number of hydrogen-bond acceptors (Lipinski definition) is 3. The molecule has 1 fully saturated rings. The smallest absolute Gasteiger partial charge is 0.411 e. The summed E-state index contributed by atoms with van der Waals surface area (Å²) >= 11 is 5.96. The van der Waals surface area contributed by atoms with Crippen LogP contribution in [0, 0.1) is 0 Å². The highest BCUT2D eigenvalue weighted by molar-refractivity contribution is 6.30. The van der Waals surface area contributed by atoms with E-state index in [9.17, 15) is 4.79 Å². The van der Waals surface area contributed by atoms with Gasteiger partial charge in [-0.15, -0.1) is 0 Å². The van der Waals surface area contributed by atoms with Crippen molar-refractivity contribution >= 4 is 17.7 Å². The van der Waals surface area contributed by atoms with Crippen LogP contribution in [0.15, 0.2) is 24.3 Å². The van der Waals surface area contributed by atoms with E-state index in [1.165, 1.54) is 0 Å². The third-order valence-corrected chi connectivity index (χ3v) is 4.07. The van der Waals surface area contributed by atoms with Crippen LogP contribution in [-0.4, -0.2) is 29.7 Å².